The molecule has 0 atom stereocenters. The molecule has 0 saturated carbocycles. The van der Waals surface area contributed by atoms with Crippen molar-refractivity contribution in [1.82, 2.24) is 19.2 Å². The molecule has 0 spiro atoms. The largest absolute Gasteiger partial charge is 0.345 e. The Hall–Kier alpha value is -2.71. The Morgan fingerprint density at radius 1 is 1.07 bits per heavy atom. The van der Waals surface area contributed by atoms with Gasteiger partial charge in [0.05, 0.1) is 23.1 Å². The molecule has 28 heavy (non-hydrogen) atoms. The van der Waals surface area contributed by atoms with Crippen molar-refractivity contribution < 1.29 is 13.2 Å². The summed E-state index contributed by atoms with van der Waals surface area (Å²) in [7, 11) is -3.40. The maximum Gasteiger partial charge on any atom is 0.254 e. The monoisotopic (exact) mass is 398 g/mol. The average Bonchev–Trinajstić information content (AvgIpc) is 3.17. The molecule has 8 heteroatoms. The minimum Gasteiger partial charge on any atom is -0.345 e. The van der Waals surface area contributed by atoms with Crippen molar-refractivity contribution in [1.29, 1.82) is 0 Å². The fraction of sp³-hybridized carbons (Fsp3) is 0.300. The SMILES string of the molecule is Cc1ccc(CS(=O)(=O)N2CCN(C(=O)c3ccc4nc[nH]c4c3)CC2)cc1. The maximum absolute atomic E-state index is 12.8. The standard InChI is InChI=1S/C20H22N4O3S/c1-15-2-4-16(5-3-15)13-28(26,27)24-10-8-23(9-11-24)20(25)17-6-7-18-19(12-17)22-14-21-18/h2-7,12,14H,8-11,13H2,1H3,(H,21,22). The molecule has 0 unspecified atom stereocenters. The summed E-state index contributed by atoms with van der Waals surface area (Å²) < 4.78 is 26.9. The number of H-pyrrole nitrogens is 1. The molecule has 1 fully saturated rings. The Bertz CT molecular complexity index is 1100. The first-order chi connectivity index (χ1) is 13.4. The van der Waals surface area contributed by atoms with E-state index < -0.39 is 10.0 Å². The van der Waals surface area contributed by atoms with Crippen LogP contribution < -0.4 is 0 Å². The van der Waals surface area contributed by atoms with Gasteiger partial charge in [-0.1, -0.05) is 29.8 Å². The Balaban J connectivity index is 1.40. The molecule has 0 aliphatic carbocycles. The van der Waals surface area contributed by atoms with E-state index in [9.17, 15) is 13.2 Å². The molecule has 1 N–H and O–H groups in total. The zero-order valence-corrected chi connectivity index (χ0v) is 16.4. The van der Waals surface area contributed by atoms with Gasteiger partial charge in [0.1, 0.15) is 0 Å². The van der Waals surface area contributed by atoms with Crippen molar-refractivity contribution in [2.45, 2.75) is 12.7 Å². The molecule has 1 aromatic heterocycles. The number of sulfonamides is 1. The van der Waals surface area contributed by atoms with Gasteiger partial charge in [0.25, 0.3) is 5.91 Å². The number of hydrogen-bond donors (Lipinski definition) is 1. The Kier molecular flexibility index (Phi) is 4.91. The van der Waals surface area contributed by atoms with Crippen molar-refractivity contribution >= 4 is 27.0 Å². The molecule has 0 bridgehead atoms. The number of nitrogens with one attached hydrogen (secondary N) is 1. The van der Waals surface area contributed by atoms with E-state index >= 15 is 0 Å². The number of carbonyl (C=O) groups excluding carboxylic acids is 1. The van der Waals surface area contributed by atoms with Crippen LogP contribution in [0.3, 0.4) is 0 Å². The van der Waals surface area contributed by atoms with E-state index in [2.05, 4.69) is 9.97 Å². The Morgan fingerprint density at radius 2 is 1.79 bits per heavy atom. The van der Waals surface area contributed by atoms with Gasteiger partial charge in [-0.3, -0.25) is 4.79 Å². The second kappa shape index (κ2) is 7.37. The quantitative estimate of drug-likeness (QED) is 0.730. The molecule has 1 saturated heterocycles. The molecule has 0 radical (unpaired) electrons. The van der Waals surface area contributed by atoms with Crippen LogP contribution in [-0.2, 0) is 15.8 Å². The molecule has 2 aromatic carbocycles. The van der Waals surface area contributed by atoms with Crippen LogP contribution in [-0.4, -0.2) is 59.7 Å². The molecule has 1 aliphatic rings. The van der Waals surface area contributed by atoms with Crippen LogP contribution >= 0.6 is 0 Å². The number of aromatic amines is 1. The van der Waals surface area contributed by atoms with Gasteiger partial charge < -0.3 is 9.88 Å². The van der Waals surface area contributed by atoms with E-state index in [1.807, 2.05) is 31.2 Å². The maximum atomic E-state index is 12.8. The summed E-state index contributed by atoms with van der Waals surface area (Å²) in [5, 5.41) is 0. The zero-order chi connectivity index (χ0) is 19.7. The molecule has 1 aliphatic heterocycles. The number of piperazine rings is 1. The topological polar surface area (TPSA) is 86.4 Å². The van der Waals surface area contributed by atoms with Gasteiger partial charge in [0.2, 0.25) is 10.0 Å². The summed E-state index contributed by atoms with van der Waals surface area (Å²) in [6.45, 7) is 3.36. The third-order valence-corrected chi connectivity index (χ3v) is 6.91. The van der Waals surface area contributed by atoms with Crippen molar-refractivity contribution in [2.24, 2.45) is 0 Å². The van der Waals surface area contributed by atoms with Crippen LogP contribution in [0.1, 0.15) is 21.5 Å². The summed E-state index contributed by atoms with van der Waals surface area (Å²) in [5.41, 5.74) is 4.07. The summed E-state index contributed by atoms with van der Waals surface area (Å²) in [4.78, 5) is 21.6. The Morgan fingerprint density at radius 3 is 2.50 bits per heavy atom. The normalized spacial score (nSPS) is 15.8. The molecule has 7 nitrogen and oxygen atoms in total. The first kappa shape index (κ1) is 18.6. The smallest absolute Gasteiger partial charge is 0.254 e. The number of benzene rings is 2. The van der Waals surface area contributed by atoms with Gasteiger partial charge in [0.15, 0.2) is 0 Å². The number of rotatable bonds is 4. The van der Waals surface area contributed by atoms with Gasteiger partial charge in [-0.15, -0.1) is 0 Å². The van der Waals surface area contributed by atoms with Crippen LogP contribution in [0.2, 0.25) is 0 Å². The van der Waals surface area contributed by atoms with Crippen molar-refractivity contribution in [3.8, 4) is 0 Å². The molecular formula is C20H22N4O3S. The summed E-state index contributed by atoms with van der Waals surface area (Å²) in [6, 6.07) is 12.9. The number of nitrogens with zero attached hydrogens (tertiary/aromatic N) is 3. The highest BCUT2D eigenvalue weighted by Crippen LogP contribution is 2.17. The number of fused-ring (bicyclic) bond motifs is 1. The number of imidazole rings is 1. The lowest BCUT2D eigenvalue weighted by atomic mass is 10.1. The molecule has 1 amide bonds. The van der Waals surface area contributed by atoms with E-state index in [1.165, 1.54) is 4.31 Å². The van der Waals surface area contributed by atoms with Crippen LogP contribution in [0.15, 0.2) is 48.8 Å². The lowest BCUT2D eigenvalue weighted by molar-refractivity contribution is 0.0698. The number of aromatic nitrogens is 2. The fourth-order valence-corrected chi connectivity index (χ4v) is 4.92. The fourth-order valence-electron chi connectivity index (χ4n) is 3.41. The average molecular weight is 398 g/mol. The predicted molar refractivity (Wildman–Crippen MR) is 107 cm³/mol. The van der Waals surface area contributed by atoms with Crippen LogP contribution in [0.25, 0.3) is 11.0 Å². The number of aryl methyl sites for hydroxylation is 1. The third kappa shape index (κ3) is 3.79. The van der Waals surface area contributed by atoms with Gasteiger partial charge in [0, 0.05) is 31.7 Å². The van der Waals surface area contributed by atoms with Gasteiger partial charge >= 0.3 is 0 Å². The van der Waals surface area contributed by atoms with Crippen LogP contribution in [0, 0.1) is 6.92 Å². The minimum absolute atomic E-state index is 0.0162. The minimum atomic E-state index is -3.40. The third-order valence-electron chi connectivity index (χ3n) is 5.06. The van der Waals surface area contributed by atoms with Crippen molar-refractivity contribution in [2.75, 3.05) is 26.2 Å². The van der Waals surface area contributed by atoms with Gasteiger partial charge in [-0.05, 0) is 30.7 Å². The Labute approximate surface area is 164 Å². The summed E-state index contributed by atoms with van der Waals surface area (Å²) >= 11 is 0. The lowest BCUT2D eigenvalue weighted by Crippen LogP contribution is -2.50. The molecule has 3 aromatic rings. The first-order valence-electron chi connectivity index (χ1n) is 9.18. The predicted octanol–water partition coefficient (Wildman–Crippen LogP) is 2.16. The molecule has 4 rings (SSSR count). The zero-order valence-electron chi connectivity index (χ0n) is 15.6. The van der Waals surface area contributed by atoms with Crippen LogP contribution in [0.4, 0.5) is 0 Å². The highest BCUT2D eigenvalue weighted by Gasteiger charge is 2.29. The second-order valence-electron chi connectivity index (χ2n) is 7.07. The molecule has 2 heterocycles. The summed E-state index contributed by atoms with van der Waals surface area (Å²) in [5.74, 6) is -0.107. The number of hydrogen-bond acceptors (Lipinski definition) is 4. The van der Waals surface area contributed by atoms with E-state index in [1.54, 1.807) is 29.4 Å². The molecular weight excluding hydrogens is 376 g/mol. The van der Waals surface area contributed by atoms with Gasteiger partial charge in [-0.2, -0.15) is 4.31 Å². The lowest BCUT2D eigenvalue weighted by Gasteiger charge is -2.34. The highest BCUT2D eigenvalue weighted by molar-refractivity contribution is 7.88. The van der Waals surface area contributed by atoms with Crippen LogP contribution in [0.5, 0.6) is 0 Å². The van der Waals surface area contributed by atoms with E-state index in [-0.39, 0.29) is 11.7 Å². The summed E-state index contributed by atoms with van der Waals surface area (Å²) in [6.07, 6.45) is 1.59. The van der Waals surface area contributed by atoms with E-state index in [0.29, 0.717) is 31.7 Å². The van der Waals surface area contributed by atoms with E-state index in [0.717, 1.165) is 22.2 Å². The van der Waals surface area contributed by atoms with Crippen molar-refractivity contribution in [3.05, 3.63) is 65.5 Å². The highest BCUT2D eigenvalue weighted by atomic mass is 32.2. The molecule has 146 valence electrons. The number of amides is 1. The van der Waals surface area contributed by atoms with Crippen molar-refractivity contribution in [3.63, 3.8) is 0 Å². The second-order valence-corrected chi connectivity index (χ2v) is 9.04. The number of carbonyl (C=O) groups is 1. The van der Waals surface area contributed by atoms with Gasteiger partial charge in [-0.25, -0.2) is 13.4 Å². The first-order valence-corrected chi connectivity index (χ1v) is 10.8. The van der Waals surface area contributed by atoms with E-state index in [4.69, 9.17) is 0 Å².